The Bertz CT molecular complexity index is 192. The lowest BCUT2D eigenvalue weighted by Crippen LogP contribution is -2.41. The van der Waals surface area contributed by atoms with Gasteiger partial charge in [0.05, 0.1) is 12.6 Å². The van der Waals surface area contributed by atoms with E-state index in [1.54, 1.807) is 11.8 Å². The number of ether oxygens (including phenoxy) is 1. The normalized spacial score (nSPS) is 13.4. The van der Waals surface area contributed by atoms with Crippen LogP contribution in [0, 0.1) is 0 Å². The Balaban J connectivity index is 3.91. The second-order valence-electron chi connectivity index (χ2n) is 4.31. The maximum Gasteiger partial charge on any atom is 0.407 e. The van der Waals surface area contributed by atoms with Crippen LogP contribution in [0.25, 0.3) is 0 Å². The zero-order valence-electron chi connectivity index (χ0n) is 9.87. The fourth-order valence-electron chi connectivity index (χ4n) is 0.943. The topological polar surface area (TPSA) is 58.6 Å². The highest BCUT2D eigenvalue weighted by Gasteiger charge is 2.18. The first kappa shape index (κ1) is 14.6. The van der Waals surface area contributed by atoms with Crippen LogP contribution in [0.3, 0.4) is 0 Å². The van der Waals surface area contributed by atoms with Crippen molar-refractivity contribution in [2.75, 3.05) is 18.6 Å². The van der Waals surface area contributed by atoms with E-state index in [4.69, 9.17) is 9.84 Å². The molecule has 1 amide bonds. The Hall–Kier alpha value is -0.420. The summed E-state index contributed by atoms with van der Waals surface area (Å²) in [5, 5.41) is 11.7. The molecule has 0 aliphatic carbocycles. The van der Waals surface area contributed by atoms with Crippen molar-refractivity contribution in [2.45, 2.75) is 38.8 Å². The van der Waals surface area contributed by atoms with Gasteiger partial charge in [-0.3, -0.25) is 0 Å². The molecule has 1 unspecified atom stereocenters. The third kappa shape index (κ3) is 8.57. The van der Waals surface area contributed by atoms with E-state index in [0.717, 1.165) is 12.2 Å². The zero-order valence-corrected chi connectivity index (χ0v) is 10.7. The van der Waals surface area contributed by atoms with Gasteiger partial charge in [0.15, 0.2) is 0 Å². The second-order valence-corrected chi connectivity index (χ2v) is 5.29. The second kappa shape index (κ2) is 6.95. The average Bonchev–Trinajstić information content (AvgIpc) is 2.09. The molecule has 0 aromatic heterocycles. The number of hydrogen-bond donors (Lipinski definition) is 2. The van der Waals surface area contributed by atoms with Crippen molar-refractivity contribution in [3.63, 3.8) is 0 Å². The molecule has 0 rings (SSSR count). The Morgan fingerprint density at radius 1 is 1.53 bits per heavy atom. The van der Waals surface area contributed by atoms with Gasteiger partial charge in [-0.05, 0) is 39.2 Å². The number of nitrogens with one attached hydrogen (secondary N) is 1. The highest BCUT2D eigenvalue weighted by molar-refractivity contribution is 7.98. The average molecular weight is 235 g/mol. The van der Waals surface area contributed by atoms with Crippen LogP contribution < -0.4 is 5.32 Å². The molecule has 2 N–H and O–H groups in total. The van der Waals surface area contributed by atoms with E-state index in [-0.39, 0.29) is 12.6 Å². The molecule has 0 aromatic carbocycles. The minimum absolute atomic E-state index is 0.0558. The first-order valence-corrected chi connectivity index (χ1v) is 6.37. The molecule has 1 atom stereocenters. The van der Waals surface area contributed by atoms with Crippen molar-refractivity contribution in [3.8, 4) is 0 Å². The van der Waals surface area contributed by atoms with Crippen molar-refractivity contribution in [2.24, 2.45) is 0 Å². The predicted octanol–water partition coefficient (Wildman–Crippen LogP) is 1.63. The first-order chi connectivity index (χ1) is 6.89. The van der Waals surface area contributed by atoms with Gasteiger partial charge in [-0.25, -0.2) is 4.79 Å². The highest BCUT2D eigenvalue weighted by atomic mass is 32.2. The molecule has 0 spiro atoms. The molecular formula is C10H21NO3S. The lowest BCUT2D eigenvalue weighted by molar-refractivity contribution is 0.0481. The summed E-state index contributed by atoms with van der Waals surface area (Å²) < 4.78 is 5.08. The van der Waals surface area contributed by atoms with E-state index in [1.165, 1.54) is 0 Å². The van der Waals surface area contributed by atoms with Crippen LogP contribution in [-0.4, -0.2) is 41.5 Å². The number of carbonyl (C=O) groups is 1. The van der Waals surface area contributed by atoms with Gasteiger partial charge < -0.3 is 15.2 Å². The number of amides is 1. The Kier molecular flexibility index (Phi) is 6.76. The highest BCUT2D eigenvalue weighted by Crippen LogP contribution is 2.07. The Labute approximate surface area is 95.8 Å². The van der Waals surface area contributed by atoms with E-state index < -0.39 is 11.7 Å². The SMILES string of the molecule is CSCCC(CO)NC(=O)OC(C)(C)C. The third-order valence-electron chi connectivity index (χ3n) is 1.61. The molecule has 0 bridgehead atoms. The van der Waals surface area contributed by atoms with Crippen molar-refractivity contribution in [1.82, 2.24) is 5.32 Å². The van der Waals surface area contributed by atoms with Gasteiger partial charge in [0.1, 0.15) is 5.60 Å². The number of carbonyl (C=O) groups excluding carboxylic acids is 1. The zero-order chi connectivity index (χ0) is 11.9. The summed E-state index contributed by atoms with van der Waals surface area (Å²) in [5.41, 5.74) is -0.496. The fourth-order valence-corrected chi connectivity index (χ4v) is 1.46. The van der Waals surface area contributed by atoms with E-state index in [1.807, 2.05) is 27.0 Å². The summed E-state index contributed by atoms with van der Waals surface area (Å²) in [4.78, 5) is 11.3. The number of rotatable bonds is 5. The number of aliphatic hydroxyl groups is 1. The van der Waals surface area contributed by atoms with Crippen LogP contribution in [0.1, 0.15) is 27.2 Å². The van der Waals surface area contributed by atoms with E-state index in [9.17, 15) is 4.79 Å². The third-order valence-corrected chi connectivity index (χ3v) is 2.26. The van der Waals surface area contributed by atoms with Gasteiger partial charge >= 0.3 is 6.09 Å². The van der Waals surface area contributed by atoms with Crippen LogP contribution in [-0.2, 0) is 4.74 Å². The molecule has 0 aromatic rings. The fraction of sp³-hybridized carbons (Fsp3) is 0.900. The standard InChI is InChI=1S/C10H21NO3S/c1-10(2,3)14-9(13)11-8(7-12)5-6-15-4/h8,12H,5-7H2,1-4H3,(H,11,13). The van der Waals surface area contributed by atoms with Crippen LogP contribution in [0.15, 0.2) is 0 Å². The maximum atomic E-state index is 11.3. The minimum atomic E-state index is -0.496. The molecule has 0 fully saturated rings. The van der Waals surface area contributed by atoms with E-state index >= 15 is 0 Å². The summed E-state index contributed by atoms with van der Waals surface area (Å²) in [6, 6.07) is -0.215. The molecule has 0 heterocycles. The quantitative estimate of drug-likeness (QED) is 0.760. The van der Waals surface area contributed by atoms with Crippen molar-refractivity contribution in [3.05, 3.63) is 0 Å². The predicted molar refractivity (Wildman–Crippen MR) is 63.2 cm³/mol. The van der Waals surface area contributed by atoms with E-state index in [2.05, 4.69) is 5.32 Å². The molecule has 0 saturated carbocycles. The molecule has 5 heteroatoms. The number of aliphatic hydroxyl groups excluding tert-OH is 1. The van der Waals surface area contributed by atoms with Crippen molar-refractivity contribution < 1.29 is 14.6 Å². The Morgan fingerprint density at radius 3 is 2.53 bits per heavy atom. The van der Waals surface area contributed by atoms with Crippen molar-refractivity contribution >= 4 is 17.9 Å². The molecule has 15 heavy (non-hydrogen) atoms. The van der Waals surface area contributed by atoms with Crippen LogP contribution >= 0.6 is 11.8 Å². The lowest BCUT2D eigenvalue weighted by Gasteiger charge is -2.22. The molecular weight excluding hydrogens is 214 g/mol. The summed E-state index contributed by atoms with van der Waals surface area (Å²) in [5.74, 6) is 0.904. The molecule has 4 nitrogen and oxygen atoms in total. The minimum Gasteiger partial charge on any atom is -0.444 e. The molecule has 0 saturated heterocycles. The summed E-state index contributed by atoms with van der Waals surface area (Å²) in [6.07, 6.45) is 2.27. The first-order valence-electron chi connectivity index (χ1n) is 4.98. The summed E-state index contributed by atoms with van der Waals surface area (Å²) in [6.45, 7) is 5.37. The van der Waals surface area contributed by atoms with Gasteiger partial charge in [0, 0.05) is 0 Å². The lowest BCUT2D eigenvalue weighted by atomic mass is 10.2. The van der Waals surface area contributed by atoms with Gasteiger partial charge in [-0.15, -0.1) is 0 Å². The van der Waals surface area contributed by atoms with Gasteiger partial charge in [0.2, 0.25) is 0 Å². The molecule has 0 radical (unpaired) electrons. The van der Waals surface area contributed by atoms with Crippen LogP contribution in [0.4, 0.5) is 4.79 Å². The summed E-state index contributed by atoms with van der Waals surface area (Å²) in [7, 11) is 0. The number of thioether (sulfide) groups is 1. The van der Waals surface area contributed by atoms with Crippen LogP contribution in [0.2, 0.25) is 0 Å². The monoisotopic (exact) mass is 235 g/mol. The van der Waals surface area contributed by atoms with Gasteiger partial charge in [0.25, 0.3) is 0 Å². The van der Waals surface area contributed by atoms with Gasteiger partial charge in [-0.2, -0.15) is 11.8 Å². The Morgan fingerprint density at radius 2 is 2.13 bits per heavy atom. The smallest absolute Gasteiger partial charge is 0.407 e. The number of hydrogen-bond acceptors (Lipinski definition) is 4. The molecule has 0 aliphatic rings. The van der Waals surface area contributed by atoms with Gasteiger partial charge in [-0.1, -0.05) is 0 Å². The van der Waals surface area contributed by atoms with Crippen molar-refractivity contribution in [1.29, 1.82) is 0 Å². The molecule has 90 valence electrons. The number of alkyl carbamates (subject to hydrolysis) is 1. The molecule has 0 aliphatic heterocycles. The maximum absolute atomic E-state index is 11.3. The summed E-state index contributed by atoms with van der Waals surface area (Å²) >= 11 is 1.68. The van der Waals surface area contributed by atoms with Crippen LogP contribution in [0.5, 0.6) is 0 Å². The van der Waals surface area contributed by atoms with E-state index in [0.29, 0.717) is 0 Å². The largest absolute Gasteiger partial charge is 0.444 e.